The predicted octanol–water partition coefficient (Wildman–Crippen LogP) is 3.57. The topological polar surface area (TPSA) is 114 Å². The van der Waals surface area contributed by atoms with Gasteiger partial charge < -0.3 is 14.7 Å². The van der Waals surface area contributed by atoms with Crippen molar-refractivity contribution >= 4 is 23.7 Å². The Morgan fingerprint density at radius 3 is 2.38 bits per heavy atom. The van der Waals surface area contributed by atoms with Crippen LogP contribution in [0.2, 0.25) is 0 Å². The highest BCUT2D eigenvalue weighted by molar-refractivity contribution is 5.85. The monoisotopic (exact) mass is 462 g/mol. The standard InChI is InChI=1S/C25H26N4O5/c1-28(12-6-11-24(31)32)23(30)15-29-14-17(13-26-29)27-25(33)34-16-22-20-9-4-2-7-18(20)19-8-3-5-10-21(19)22/h2-5,7-10,13-14,22H,6,11-12,15-16H2,1H3,(H,27,33)(H,31,32). The van der Waals surface area contributed by atoms with E-state index in [-0.39, 0.29) is 31.4 Å². The first-order valence-electron chi connectivity index (χ1n) is 11.0. The maximum atomic E-state index is 12.4. The average molecular weight is 463 g/mol. The summed E-state index contributed by atoms with van der Waals surface area (Å²) in [7, 11) is 1.61. The molecular formula is C25H26N4O5. The van der Waals surface area contributed by atoms with E-state index in [0.29, 0.717) is 18.7 Å². The van der Waals surface area contributed by atoms with Gasteiger partial charge >= 0.3 is 12.1 Å². The molecule has 2 amide bonds. The van der Waals surface area contributed by atoms with Gasteiger partial charge in [0.2, 0.25) is 5.91 Å². The fraction of sp³-hybridized carbons (Fsp3) is 0.280. The van der Waals surface area contributed by atoms with Gasteiger partial charge in [-0.05, 0) is 28.7 Å². The van der Waals surface area contributed by atoms with Crippen molar-refractivity contribution in [3.8, 4) is 11.1 Å². The minimum atomic E-state index is -0.892. The number of carbonyl (C=O) groups excluding carboxylic acids is 2. The average Bonchev–Trinajstić information content (AvgIpc) is 3.39. The smallest absolute Gasteiger partial charge is 0.411 e. The second kappa shape index (κ2) is 10.2. The molecule has 0 bridgehead atoms. The van der Waals surface area contributed by atoms with Gasteiger partial charge in [0.25, 0.3) is 0 Å². The number of likely N-dealkylation sites (N-methyl/N-ethyl adjacent to an activating group) is 1. The van der Waals surface area contributed by atoms with Crippen LogP contribution in [0.1, 0.15) is 29.9 Å². The lowest BCUT2D eigenvalue weighted by Crippen LogP contribution is -2.31. The Morgan fingerprint density at radius 1 is 1.09 bits per heavy atom. The van der Waals surface area contributed by atoms with Crippen LogP contribution < -0.4 is 5.32 Å². The maximum Gasteiger partial charge on any atom is 0.411 e. The molecule has 2 N–H and O–H groups in total. The summed E-state index contributed by atoms with van der Waals surface area (Å²) in [5.74, 6) is -1.13. The van der Waals surface area contributed by atoms with Crippen molar-refractivity contribution in [3.05, 3.63) is 72.1 Å². The number of hydrogen-bond donors (Lipinski definition) is 2. The summed E-state index contributed by atoms with van der Waals surface area (Å²) in [6.07, 6.45) is 2.78. The summed E-state index contributed by atoms with van der Waals surface area (Å²) < 4.78 is 6.94. The predicted molar refractivity (Wildman–Crippen MR) is 125 cm³/mol. The molecule has 2 aromatic carbocycles. The van der Waals surface area contributed by atoms with E-state index in [0.717, 1.165) is 22.3 Å². The van der Waals surface area contributed by atoms with Gasteiger partial charge in [-0.2, -0.15) is 5.10 Å². The molecule has 0 saturated carbocycles. The highest BCUT2D eigenvalue weighted by atomic mass is 16.5. The molecule has 9 nitrogen and oxygen atoms in total. The Bertz CT molecular complexity index is 1160. The third-order valence-electron chi connectivity index (χ3n) is 5.83. The highest BCUT2D eigenvalue weighted by Gasteiger charge is 2.29. The van der Waals surface area contributed by atoms with Crippen LogP contribution in [0.25, 0.3) is 11.1 Å². The number of aromatic nitrogens is 2. The van der Waals surface area contributed by atoms with Gasteiger partial charge in [0.1, 0.15) is 13.2 Å². The number of carboxylic acids is 1. The van der Waals surface area contributed by atoms with Crippen molar-refractivity contribution in [3.63, 3.8) is 0 Å². The number of anilines is 1. The summed E-state index contributed by atoms with van der Waals surface area (Å²) in [4.78, 5) is 36.8. The molecule has 1 aliphatic carbocycles. The van der Waals surface area contributed by atoms with Gasteiger partial charge in [0.15, 0.2) is 0 Å². The SMILES string of the molecule is CN(CCCC(=O)O)C(=O)Cn1cc(NC(=O)OCC2c3ccccc3-c3ccccc32)cn1. The van der Waals surface area contributed by atoms with E-state index >= 15 is 0 Å². The molecule has 0 radical (unpaired) electrons. The van der Waals surface area contributed by atoms with Crippen LogP contribution in [-0.4, -0.2) is 58.0 Å². The van der Waals surface area contributed by atoms with E-state index in [9.17, 15) is 14.4 Å². The Labute approximate surface area is 196 Å². The van der Waals surface area contributed by atoms with Crippen LogP contribution in [-0.2, 0) is 20.9 Å². The molecule has 0 atom stereocenters. The zero-order valence-corrected chi connectivity index (χ0v) is 18.8. The van der Waals surface area contributed by atoms with E-state index in [1.807, 2.05) is 24.3 Å². The van der Waals surface area contributed by atoms with E-state index in [1.54, 1.807) is 13.2 Å². The van der Waals surface area contributed by atoms with Crippen molar-refractivity contribution in [1.82, 2.24) is 14.7 Å². The minimum Gasteiger partial charge on any atom is -0.481 e. The number of ether oxygens (including phenoxy) is 1. The van der Waals surface area contributed by atoms with Crippen molar-refractivity contribution in [2.45, 2.75) is 25.3 Å². The van der Waals surface area contributed by atoms with Crippen molar-refractivity contribution in [2.75, 3.05) is 25.5 Å². The molecule has 0 spiro atoms. The summed E-state index contributed by atoms with van der Waals surface area (Å²) in [5.41, 5.74) is 5.00. The number of carboxylic acid groups (broad SMARTS) is 1. The summed E-state index contributed by atoms with van der Waals surface area (Å²) >= 11 is 0. The first kappa shape index (κ1) is 23.0. The molecule has 0 unspecified atom stereocenters. The Balaban J connectivity index is 1.29. The van der Waals surface area contributed by atoms with Gasteiger partial charge in [-0.3, -0.25) is 19.6 Å². The number of nitrogens with zero attached hydrogens (tertiary/aromatic N) is 3. The molecule has 9 heteroatoms. The number of carbonyl (C=O) groups is 3. The molecule has 176 valence electrons. The van der Waals surface area contributed by atoms with E-state index in [1.165, 1.54) is 15.8 Å². The fourth-order valence-corrected chi connectivity index (χ4v) is 4.12. The Morgan fingerprint density at radius 2 is 1.74 bits per heavy atom. The third kappa shape index (κ3) is 5.25. The van der Waals surface area contributed by atoms with Gasteiger partial charge in [0.05, 0.1) is 11.9 Å². The zero-order valence-electron chi connectivity index (χ0n) is 18.8. The van der Waals surface area contributed by atoms with E-state index in [4.69, 9.17) is 9.84 Å². The van der Waals surface area contributed by atoms with Gasteiger partial charge in [0, 0.05) is 32.1 Å². The van der Waals surface area contributed by atoms with Gasteiger partial charge in [-0.1, -0.05) is 48.5 Å². The first-order valence-corrected chi connectivity index (χ1v) is 11.0. The molecule has 1 heterocycles. The normalized spacial score (nSPS) is 12.0. The van der Waals surface area contributed by atoms with Crippen LogP contribution in [0.15, 0.2) is 60.9 Å². The van der Waals surface area contributed by atoms with Gasteiger partial charge in [-0.25, -0.2) is 4.79 Å². The Kier molecular flexibility index (Phi) is 6.91. The molecule has 0 fully saturated rings. The van der Waals surface area contributed by atoms with Gasteiger partial charge in [-0.15, -0.1) is 0 Å². The van der Waals surface area contributed by atoms with Crippen LogP contribution in [0.5, 0.6) is 0 Å². The first-order chi connectivity index (χ1) is 16.4. The molecule has 4 rings (SSSR count). The van der Waals surface area contributed by atoms with Crippen LogP contribution in [0.4, 0.5) is 10.5 Å². The van der Waals surface area contributed by atoms with Crippen molar-refractivity contribution < 1.29 is 24.2 Å². The number of amides is 2. The highest BCUT2D eigenvalue weighted by Crippen LogP contribution is 2.44. The minimum absolute atomic E-state index is 0.00754. The lowest BCUT2D eigenvalue weighted by atomic mass is 9.98. The molecule has 0 aliphatic heterocycles. The quantitative estimate of drug-likeness (QED) is 0.503. The molecule has 34 heavy (non-hydrogen) atoms. The zero-order chi connectivity index (χ0) is 24.1. The van der Waals surface area contributed by atoms with Crippen molar-refractivity contribution in [1.29, 1.82) is 0 Å². The van der Waals surface area contributed by atoms with Crippen LogP contribution in [0, 0.1) is 0 Å². The number of hydrogen-bond acceptors (Lipinski definition) is 5. The number of aliphatic carboxylic acids is 1. The summed E-state index contributed by atoms with van der Waals surface area (Å²) in [5, 5.41) is 15.4. The lowest BCUT2D eigenvalue weighted by Gasteiger charge is -2.16. The second-order valence-electron chi connectivity index (χ2n) is 8.19. The third-order valence-corrected chi connectivity index (χ3v) is 5.83. The summed E-state index contributed by atoms with van der Waals surface area (Å²) in [6.45, 7) is 0.529. The fourth-order valence-electron chi connectivity index (χ4n) is 4.12. The van der Waals surface area contributed by atoms with Crippen LogP contribution >= 0.6 is 0 Å². The number of fused-ring (bicyclic) bond motifs is 3. The molecule has 3 aromatic rings. The Hall–Kier alpha value is -4.14. The molecular weight excluding hydrogens is 436 g/mol. The lowest BCUT2D eigenvalue weighted by molar-refractivity contribution is -0.138. The number of benzene rings is 2. The largest absolute Gasteiger partial charge is 0.481 e. The van der Waals surface area contributed by atoms with Crippen LogP contribution in [0.3, 0.4) is 0 Å². The number of nitrogens with one attached hydrogen (secondary N) is 1. The number of rotatable bonds is 9. The molecule has 0 saturated heterocycles. The van der Waals surface area contributed by atoms with E-state index in [2.05, 4.69) is 34.7 Å². The molecule has 1 aliphatic rings. The maximum absolute atomic E-state index is 12.4. The summed E-state index contributed by atoms with van der Waals surface area (Å²) in [6, 6.07) is 16.2. The van der Waals surface area contributed by atoms with Crippen molar-refractivity contribution in [2.24, 2.45) is 0 Å². The molecule has 1 aromatic heterocycles. The van der Waals surface area contributed by atoms with E-state index < -0.39 is 12.1 Å². The second-order valence-corrected chi connectivity index (χ2v) is 8.19.